The molecule has 1 amide bonds. The minimum Gasteiger partial charge on any atom is -0.383 e. The zero-order valence-electron chi connectivity index (χ0n) is 23.4. The molecule has 0 radical (unpaired) electrons. The highest BCUT2D eigenvalue weighted by atomic mass is 32.2. The number of likely N-dealkylation sites (N-methyl/N-ethyl adjacent to an activating group) is 1. The number of hydrogen-bond donors (Lipinski definition) is 3. The lowest BCUT2D eigenvalue weighted by molar-refractivity contribution is 0.102. The monoisotopic (exact) mass is 598 g/mol. The molecule has 1 aliphatic heterocycles. The Balaban J connectivity index is 1.45. The van der Waals surface area contributed by atoms with Gasteiger partial charge in [0.25, 0.3) is 5.91 Å². The number of aromatic amines is 1. The number of nitrogens with one attached hydrogen (secondary N) is 3. The molecule has 4 aromatic rings. The van der Waals surface area contributed by atoms with E-state index in [1.165, 1.54) is 18.2 Å². The molecule has 1 fully saturated rings. The molecule has 5 rings (SSSR count). The zero-order valence-corrected chi connectivity index (χ0v) is 24.3. The van der Waals surface area contributed by atoms with Crippen LogP contribution in [0.3, 0.4) is 0 Å². The van der Waals surface area contributed by atoms with E-state index in [1.54, 1.807) is 13.2 Å². The summed E-state index contributed by atoms with van der Waals surface area (Å²) >= 11 is 0. The molecule has 222 valence electrons. The lowest BCUT2D eigenvalue weighted by Gasteiger charge is -2.34. The Labute approximate surface area is 242 Å². The number of aromatic nitrogens is 2. The summed E-state index contributed by atoms with van der Waals surface area (Å²) < 4.78 is 59.1. The summed E-state index contributed by atoms with van der Waals surface area (Å²) in [5, 5.41) is 13.4. The number of rotatable bonds is 9. The van der Waals surface area contributed by atoms with E-state index < -0.39 is 32.3 Å². The van der Waals surface area contributed by atoms with Crippen LogP contribution in [0.4, 0.5) is 26.0 Å². The number of piperazine rings is 1. The van der Waals surface area contributed by atoms with Crippen LogP contribution < -0.4 is 15.5 Å². The summed E-state index contributed by atoms with van der Waals surface area (Å²) in [6.07, 6.45) is 0. The van der Waals surface area contributed by atoms with Crippen molar-refractivity contribution >= 4 is 43.8 Å². The minimum absolute atomic E-state index is 0.0871. The van der Waals surface area contributed by atoms with Gasteiger partial charge in [-0.25, -0.2) is 17.2 Å². The van der Waals surface area contributed by atoms with Gasteiger partial charge in [0, 0.05) is 62.2 Å². The van der Waals surface area contributed by atoms with Crippen molar-refractivity contribution in [2.75, 3.05) is 62.5 Å². The fourth-order valence-electron chi connectivity index (χ4n) is 4.92. The van der Waals surface area contributed by atoms with E-state index in [4.69, 9.17) is 4.74 Å². The van der Waals surface area contributed by atoms with Crippen molar-refractivity contribution in [1.29, 1.82) is 0 Å². The van der Waals surface area contributed by atoms with Crippen molar-refractivity contribution in [2.45, 2.75) is 22.8 Å². The largest absolute Gasteiger partial charge is 0.383 e. The quantitative estimate of drug-likeness (QED) is 0.263. The van der Waals surface area contributed by atoms with Gasteiger partial charge in [-0.3, -0.25) is 9.89 Å². The lowest BCUT2D eigenvalue weighted by atomic mass is 10.1. The first-order valence-electron chi connectivity index (χ1n) is 13.4. The predicted molar refractivity (Wildman–Crippen MR) is 157 cm³/mol. The van der Waals surface area contributed by atoms with E-state index in [1.807, 2.05) is 19.1 Å². The van der Waals surface area contributed by atoms with Crippen LogP contribution in [0.2, 0.25) is 0 Å². The molecule has 10 nitrogen and oxygen atoms in total. The highest BCUT2D eigenvalue weighted by Gasteiger charge is 2.23. The third-order valence-electron chi connectivity index (χ3n) is 7.16. The van der Waals surface area contributed by atoms with Crippen molar-refractivity contribution in [3.05, 3.63) is 71.8 Å². The lowest BCUT2D eigenvalue weighted by Crippen LogP contribution is -2.44. The Bertz CT molecular complexity index is 1700. The topological polar surface area (TPSA) is 120 Å². The number of carbonyl (C=O) groups is 1. The number of nitrogens with zero attached hydrogens (tertiary/aromatic N) is 3. The maximum Gasteiger partial charge on any atom is 0.258 e. The van der Waals surface area contributed by atoms with E-state index >= 15 is 0 Å². The Kier molecular flexibility index (Phi) is 8.43. The Morgan fingerprint density at radius 1 is 1.02 bits per heavy atom. The molecule has 1 aliphatic rings. The number of benzene rings is 3. The van der Waals surface area contributed by atoms with Crippen LogP contribution in [-0.4, -0.2) is 82.4 Å². The molecule has 0 saturated carbocycles. The highest BCUT2D eigenvalue weighted by Crippen LogP contribution is 2.30. The van der Waals surface area contributed by atoms with Crippen LogP contribution in [0.5, 0.6) is 0 Å². The standard InChI is InChI=1S/C29H32F2N6O4S/c1-18(17-41-3)32-27-15-21(37-10-8-36(2)9-11-37)4-6-24(27)29(38)33-28-25-16-22(5-7-26(25)34-35-28)42(39,40)23-13-19(30)12-20(31)14-23/h4-7,12-16,18,32H,8-11,17H2,1-3H3,(H2,33,34,35,38)/t18-/m0/s1. The number of hydrogen-bond acceptors (Lipinski definition) is 8. The minimum atomic E-state index is -4.26. The summed E-state index contributed by atoms with van der Waals surface area (Å²) in [4.78, 5) is 17.4. The van der Waals surface area contributed by atoms with Gasteiger partial charge in [0.2, 0.25) is 9.84 Å². The first-order valence-corrected chi connectivity index (χ1v) is 14.9. The first kappa shape index (κ1) is 29.4. The summed E-state index contributed by atoms with van der Waals surface area (Å²) in [5.41, 5.74) is 2.43. The van der Waals surface area contributed by atoms with Crippen molar-refractivity contribution in [3.8, 4) is 0 Å². The summed E-state index contributed by atoms with van der Waals surface area (Å²) in [6.45, 7) is 5.97. The van der Waals surface area contributed by atoms with Crippen LogP contribution in [0.25, 0.3) is 10.9 Å². The third-order valence-corrected chi connectivity index (χ3v) is 8.89. The van der Waals surface area contributed by atoms with Crippen LogP contribution >= 0.6 is 0 Å². The van der Waals surface area contributed by atoms with E-state index in [0.29, 0.717) is 34.8 Å². The van der Waals surface area contributed by atoms with Crippen LogP contribution in [0.15, 0.2) is 64.4 Å². The molecule has 0 unspecified atom stereocenters. The van der Waals surface area contributed by atoms with Gasteiger partial charge in [0.15, 0.2) is 5.82 Å². The van der Waals surface area contributed by atoms with Gasteiger partial charge in [-0.2, -0.15) is 5.10 Å². The number of fused-ring (bicyclic) bond motifs is 1. The number of carbonyl (C=O) groups excluding carboxylic acids is 1. The maximum absolute atomic E-state index is 13.8. The van der Waals surface area contributed by atoms with E-state index in [0.717, 1.165) is 44.0 Å². The Morgan fingerprint density at radius 3 is 2.43 bits per heavy atom. The van der Waals surface area contributed by atoms with Crippen molar-refractivity contribution in [3.63, 3.8) is 0 Å². The van der Waals surface area contributed by atoms with Gasteiger partial charge in [0.05, 0.1) is 27.5 Å². The Morgan fingerprint density at radius 2 is 1.74 bits per heavy atom. The number of sulfone groups is 1. The van der Waals surface area contributed by atoms with Gasteiger partial charge >= 0.3 is 0 Å². The molecular formula is C29H32F2N6O4S. The van der Waals surface area contributed by atoms with Gasteiger partial charge in [-0.1, -0.05) is 0 Å². The molecule has 1 atom stereocenters. The molecular weight excluding hydrogens is 566 g/mol. The summed E-state index contributed by atoms with van der Waals surface area (Å²) in [6, 6.07) is 11.7. The maximum atomic E-state index is 13.8. The highest BCUT2D eigenvalue weighted by molar-refractivity contribution is 7.91. The van der Waals surface area contributed by atoms with E-state index in [2.05, 4.69) is 37.7 Å². The molecule has 3 aromatic carbocycles. The molecule has 2 heterocycles. The van der Waals surface area contributed by atoms with Crippen molar-refractivity contribution < 1.29 is 26.7 Å². The SMILES string of the molecule is COC[C@H](C)Nc1cc(N2CCN(C)CC2)ccc1C(=O)Nc1n[nH]c2ccc(S(=O)(=O)c3cc(F)cc(F)c3)cc12. The molecule has 0 bridgehead atoms. The summed E-state index contributed by atoms with van der Waals surface area (Å²) in [5.74, 6) is -2.36. The molecule has 1 saturated heterocycles. The van der Waals surface area contributed by atoms with Gasteiger partial charge in [0.1, 0.15) is 11.6 Å². The van der Waals surface area contributed by atoms with Crippen molar-refractivity contribution in [2.24, 2.45) is 0 Å². The van der Waals surface area contributed by atoms with Crippen molar-refractivity contribution in [1.82, 2.24) is 15.1 Å². The van der Waals surface area contributed by atoms with Crippen LogP contribution in [0, 0.1) is 11.6 Å². The average molecular weight is 599 g/mol. The predicted octanol–water partition coefficient (Wildman–Crippen LogP) is 4.12. The number of ether oxygens (including phenoxy) is 1. The molecule has 1 aromatic heterocycles. The normalized spacial score (nSPS) is 15.1. The van der Waals surface area contributed by atoms with Crippen LogP contribution in [0.1, 0.15) is 17.3 Å². The van der Waals surface area contributed by atoms with E-state index in [-0.39, 0.29) is 16.8 Å². The Hall–Kier alpha value is -4.07. The molecule has 42 heavy (non-hydrogen) atoms. The molecule has 0 aliphatic carbocycles. The third kappa shape index (κ3) is 6.22. The van der Waals surface area contributed by atoms with E-state index in [9.17, 15) is 22.0 Å². The zero-order chi connectivity index (χ0) is 30.0. The van der Waals surface area contributed by atoms with Gasteiger partial charge < -0.3 is 25.2 Å². The number of anilines is 3. The molecule has 3 N–H and O–H groups in total. The van der Waals surface area contributed by atoms with Gasteiger partial charge in [-0.15, -0.1) is 0 Å². The van der Waals surface area contributed by atoms with Gasteiger partial charge in [-0.05, 0) is 62.5 Å². The molecule has 0 spiro atoms. The second-order valence-electron chi connectivity index (χ2n) is 10.4. The first-order chi connectivity index (χ1) is 20.0. The second-order valence-corrected chi connectivity index (χ2v) is 12.3. The number of amides is 1. The fraction of sp³-hybridized carbons (Fsp3) is 0.310. The fourth-order valence-corrected chi connectivity index (χ4v) is 6.25. The van der Waals surface area contributed by atoms with Crippen LogP contribution in [-0.2, 0) is 14.6 Å². The number of H-pyrrole nitrogens is 1. The average Bonchev–Trinajstić information content (AvgIpc) is 3.34. The number of methoxy groups -OCH3 is 1. The number of halogens is 2. The second kappa shape index (κ2) is 12.0. The molecule has 13 heteroatoms. The summed E-state index contributed by atoms with van der Waals surface area (Å²) in [7, 11) is -0.568. The smallest absolute Gasteiger partial charge is 0.258 e.